The van der Waals surface area contributed by atoms with Crippen molar-refractivity contribution in [2.45, 2.75) is 6.18 Å². The SMILES string of the molecule is FC(F)(F)COc1ccc2cc(Br)ccc2n1. The molecule has 2 aromatic rings. The molecule has 0 aliphatic heterocycles. The van der Waals surface area contributed by atoms with Gasteiger partial charge in [-0.05, 0) is 24.3 Å². The van der Waals surface area contributed by atoms with Crippen molar-refractivity contribution in [3.8, 4) is 5.88 Å². The lowest BCUT2D eigenvalue weighted by Crippen LogP contribution is -2.19. The highest BCUT2D eigenvalue weighted by Crippen LogP contribution is 2.22. The Morgan fingerprint density at radius 1 is 1.18 bits per heavy atom. The Labute approximate surface area is 104 Å². The molecule has 0 amide bonds. The van der Waals surface area contributed by atoms with Crippen molar-refractivity contribution in [1.29, 1.82) is 0 Å². The third kappa shape index (κ3) is 3.33. The number of halogens is 4. The van der Waals surface area contributed by atoms with E-state index in [4.69, 9.17) is 0 Å². The molecule has 17 heavy (non-hydrogen) atoms. The van der Waals surface area contributed by atoms with E-state index in [2.05, 4.69) is 25.7 Å². The van der Waals surface area contributed by atoms with Gasteiger partial charge < -0.3 is 4.74 Å². The number of fused-ring (bicyclic) bond motifs is 1. The molecule has 0 atom stereocenters. The molecule has 1 heterocycles. The molecule has 0 aliphatic rings. The maximum atomic E-state index is 11.9. The first-order chi connectivity index (χ1) is 7.94. The Hall–Kier alpha value is -1.30. The number of pyridine rings is 1. The summed E-state index contributed by atoms with van der Waals surface area (Å²) in [6, 6.07) is 8.39. The van der Waals surface area contributed by atoms with Gasteiger partial charge in [-0.15, -0.1) is 0 Å². The summed E-state index contributed by atoms with van der Waals surface area (Å²) in [5, 5.41) is 0.832. The van der Waals surface area contributed by atoms with Gasteiger partial charge in [0.05, 0.1) is 5.52 Å². The normalized spacial score (nSPS) is 11.8. The van der Waals surface area contributed by atoms with Crippen molar-refractivity contribution >= 4 is 26.8 Å². The quantitative estimate of drug-likeness (QED) is 0.838. The molecule has 1 aromatic carbocycles. The highest BCUT2D eigenvalue weighted by atomic mass is 79.9. The maximum Gasteiger partial charge on any atom is 0.422 e. The lowest BCUT2D eigenvalue weighted by Gasteiger charge is -2.08. The molecule has 6 heteroatoms. The summed E-state index contributed by atoms with van der Waals surface area (Å²) >= 11 is 3.30. The number of hydrogen-bond donors (Lipinski definition) is 0. The predicted octanol–water partition coefficient (Wildman–Crippen LogP) is 3.94. The first-order valence-electron chi connectivity index (χ1n) is 4.70. The zero-order valence-electron chi connectivity index (χ0n) is 8.46. The fourth-order valence-electron chi connectivity index (χ4n) is 1.31. The first-order valence-corrected chi connectivity index (χ1v) is 5.49. The average molecular weight is 306 g/mol. The van der Waals surface area contributed by atoms with Gasteiger partial charge in [-0.25, -0.2) is 4.98 Å². The lowest BCUT2D eigenvalue weighted by molar-refractivity contribution is -0.154. The van der Waals surface area contributed by atoms with Gasteiger partial charge in [0, 0.05) is 15.9 Å². The summed E-state index contributed by atoms with van der Waals surface area (Å²) in [5.41, 5.74) is 0.591. The minimum absolute atomic E-state index is 0.0304. The Morgan fingerprint density at radius 2 is 1.94 bits per heavy atom. The topological polar surface area (TPSA) is 22.1 Å². The van der Waals surface area contributed by atoms with Gasteiger partial charge in [0.1, 0.15) is 0 Å². The van der Waals surface area contributed by atoms with Gasteiger partial charge in [-0.3, -0.25) is 0 Å². The predicted molar refractivity (Wildman–Crippen MR) is 61.0 cm³/mol. The fourth-order valence-corrected chi connectivity index (χ4v) is 1.69. The van der Waals surface area contributed by atoms with E-state index in [-0.39, 0.29) is 5.88 Å². The van der Waals surface area contributed by atoms with Gasteiger partial charge in [0.25, 0.3) is 0 Å². The standard InChI is InChI=1S/C11H7BrF3NO/c12-8-2-3-9-7(5-8)1-4-10(16-9)17-6-11(13,14)15/h1-5H,6H2. The largest absolute Gasteiger partial charge is 0.468 e. The zero-order chi connectivity index (χ0) is 12.5. The second kappa shape index (κ2) is 4.52. The third-order valence-corrected chi connectivity index (χ3v) is 2.50. The molecule has 1 aromatic heterocycles. The van der Waals surface area contributed by atoms with E-state index in [1.807, 2.05) is 6.07 Å². The van der Waals surface area contributed by atoms with Crippen molar-refractivity contribution in [3.05, 3.63) is 34.8 Å². The number of nitrogens with zero attached hydrogens (tertiary/aromatic N) is 1. The highest BCUT2D eigenvalue weighted by Gasteiger charge is 2.28. The molecule has 2 nitrogen and oxygen atoms in total. The van der Waals surface area contributed by atoms with Crippen LogP contribution in [0.3, 0.4) is 0 Å². The third-order valence-electron chi connectivity index (χ3n) is 2.01. The van der Waals surface area contributed by atoms with E-state index in [0.29, 0.717) is 5.52 Å². The molecule has 0 fully saturated rings. The van der Waals surface area contributed by atoms with E-state index in [1.54, 1.807) is 18.2 Å². The summed E-state index contributed by atoms with van der Waals surface area (Å²) in [6.45, 7) is -1.33. The molecule has 90 valence electrons. The van der Waals surface area contributed by atoms with Gasteiger partial charge >= 0.3 is 6.18 Å². The Bertz CT molecular complexity index is 542. The van der Waals surface area contributed by atoms with Crippen LogP contribution in [0, 0.1) is 0 Å². The van der Waals surface area contributed by atoms with Crippen molar-refractivity contribution in [1.82, 2.24) is 4.98 Å². The molecular formula is C11H7BrF3NO. The van der Waals surface area contributed by atoms with E-state index in [1.165, 1.54) is 6.07 Å². The molecule has 0 unspecified atom stereocenters. The van der Waals surface area contributed by atoms with Gasteiger partial charge in [-0.1, -0.05) is 15.9 Å². The summed E-state index contributed by atoms with van der Waals surface area (Å²) in [5.74, 6) is -0.0304. The first kappa shape index (κ1) is 12.2. The fraction of sp³-hybridized carbons (Fsp3) is 0.182. The second-order valence-corrected chi connectivity index (χ2v) is 4.31. The lowest BCUT2D eigenvalue weighted by atomic mass is 10.2. The van der Waals surface area contributed by atoms with Crippen LogP contribution in [0.5, 0.6) is 5.88 Å². The molecule has 0 N–H and O–H groups in total. The average Bonchev–Trinajstić information content (AvgIpc) is 2.25. The summed E-state index contributed by atoms with van der Waals surface area (Å²) in [6.07, 6.45) is -4.35. The van der Waals surface area contributed by atoms with Crippen LogP contribution >= 0.6 is 15.9 Å². The maximum absolute atomic E-state index is 11.9. The number of alkyl halides is 3. The molecule has 0 aliphatic carbocycles. The molecular weight excluding hydrogens is 299 g/mol. The van der Waals surface area contributed by atoms with E-state index in [9.17, 15) is 13.2 Å². The van der Waals surface area contributed by atoms with Gasteiger partial charge in [0.2, 0.25) is 5.88 Å². The van der Waals surface area contributed by atoms with Crippen LogP contribution in [0.1, 0.15) is 0 Å². The van der Waals surface area contributed by atoms with Crippen LogP contribution in [0.25, 0.3) is 10.9 Å². The Balaban J connectivity index is 2.23. The van der Waals surface area contributed by atoms with Crippen LogP contribution in [-0.2, 0) is 0 Å². The number of benzene rings is 1. The molecule has 0 saturated carbocycles. The molecule has 2 rings (SSSR count). The highest BCUT2D eigenvalue weighted by molar-refractivity contribution is 9.10. The van der Waals surface area contributed by atoms with Crippen LogP contribution in [0.2, 0.25) is 0 Å². The number of aromatic nitrogens is 1. The van der Waals surface area contributed by atoms with E-state index >= 15 is 0 Å². The van der Waals surface area contributed by atoms with Crippen molar-refractivity contribution < 1.29 is 17.9 Å². The zero-order valence-corrected chi connectivity index (χ0v) is 10.0. The monoisotopic (exact) mass is 305 g/mol. The number of rotatable bonds is 2. The second-order valence-electron chi connectivity index (χ2n) is 3.39. The van der Waals surface area contributed by atoms with Crippen molar-refractivity contribution in [3.63, 3.8) is 0 Å². The van der Waals surface area contributed by atoms with Gasteiger partial charge in [-0.2, -0.15) is 13.2 Å². The van der Waals surface area contributed by atoms with Crippen LogP contribution < -0.4 is 4.74 Å². The van der Waals surface area contributed by atoms with Crippen molar-refractivity contribution in [2.24, 2.45) is 0 Å². The Morgan fingerprint density at radius 3 is 2.65 bits per heavy atom. The molecule has 0 bridgehead atoms. The van der Waals surface area contributed by atoms with Crippen LogP contribution in [0.4, 0.5) is 13.2 Å². The number of hydrogen-bond acceptors (Lipinski definition) is 2. The van der Waals surface area contributed by atoms with Crippen LogP contribution in [0.15, 0.2) is 34.8 Å². The van der Waals surface area contributed by atoms with Crippen LogP contribution in [-0.4, -0.2) is 17.8 Å². The minimum Gasteiger partial charge on any atom is -0.468 e. The molecule has 0 radical (unpaired) electrons. The summed E-state index contributed by atoms with van der Waals surface area (Å²) < 4.78 is 41.3. The minimum atomic E-state index is -4.35. The smallest absolute Gasteiger partial charge is 0.422 e. The van der Waals surface area contributed by atoms with Gasteiger partial charge in [0.15, 0.2) is 6.61 Å². The molecule has 0 saturated heterocycles. The van der Waals surface area contributed by atoms with E-state index in [0.717, 1.165) is 9.86 Å². The summed E-state index contributed by atoms with van der Waals surface area (Å²) in [7, 11) is 0. The van der Waals surface area contributed by atoms with Crippen molar-refractivity contribution in [2.75, 3.05) is 6.61 Å². The Kier molecular flexibility index (Phi) is 3.24. The van der Waals surface area contributed by atoms with E-state index < -0.39 is 12.8 Å². The number of ether oxygens (including phenoxy) is 1. The summed E-state index contributed by atoms with van der Waals surface area (Å²) in [4.78, 5) is 3.98. The molecule has 0 spiro atoms.